The molecule has 1 aromatic heterocycles. The molecule has 158 valence electrons. The van der Waals surface area contributed by atoms with E-state index in [-0.39, 0.29) is 17.7 Å². The SMILES string of the molecule is Cc1c(Cl)cccc1NC(=O)CSc1nnc(C(C)N(C)C)n1-c1ccc(Cl)cc1. The minimum atomic E-state index is -0.141. The van der Waals surface area contributed by atoms with Crippen molar-refractivity contribution in [2.75, 3.05) is 25.2 Å². The van der Waals surface area contributed by atoms with E-state index in [2.05, 4.69) is 27.3 Å². The number of nitrogens with one attached hydrogen (secondary N) is 1. The topological polar surface area (TPSA) is 63.1 Å². The molecule has 0 fully saturated rings. The van der Waals surface area contributed by atoms with Crippen LogP contribution in [-0.2, 0) is 4.79 Å². The number of carbonyl (C=O) groups is 1. The maximum absolute atomic E-state index is 12.5. The van der Waals surface area contributed by atoms with E-state index in [0.29, 0.717) is 20.9 Å². The molecule has 0 saturated heterocycles. The van der Waals surface area contributed by atoms with Crippen molar-refractivity contribution in [1.29, 1.82) is 0 Å². The van der Waals surface area contributed by atoms with E-state index in [4.69, 9.17) is 23.2 Å². The van der Waals surface area contributed by atoms with Gasteiger partial charge >= 0.3 is 0 Å². The summed E-state index contributed by atoms with van der Waals surface area (Å²) in [5, 5.41) is 13.6. The number of thioether (sulfide) groups is 1. The molecule has 0 bridgehead atoms. The number of rotatable bonds is 7. The zero-order chi connectivity index (χ0) is 21.8. The van der Waals surface area contributed by atoms with Crippen molar-refractivity contribution >= 4 is 46.6 Å². The Morgan fingerprint density at radius 2 is 1.87 bits per heavy atom. The molecule has 0 saturated carbocycles. The zero-order valence-corrected chi connectivity index (χ0v) is 19.5. The summed E-state index contributed by atoms with van der Waals surface area (Å²) >= 11 is 13.5. The number of anilines is 1. The van der Waals surface area contributed by atoms with E-state index in [9.17, 15) is 4.79 Å². The molecule has 3 rings (SSSR count). The molecular formula is C21H23Cl2N5OS. The molecule has 2 aromatic carbocycles. The lowest BCUT2D eigenvalue weighted by Crippen LogP contribution is -2.21. The van der Waals surface area contributed by atoms with Gasteiger partial charge in [0.05, 0.1) is 11.8 Å². The van der Waals surface area contributed by atoms with Crippen LogP contribution in [0.3, 0.4) is 0 Å². The summed E-state index contributed by atoms with van der Waals surface area (Å²) in [6, 6.07) is 12.9. The molecule has 1 amide bonds. The normalized spacial score (nSPS) is 12.2. The molecule has 0 aliphatic rings. The number of hydrogen-bond acceptors (Lipinski definition) is 5. The molecule has 3 aromatic rings. The first-order valence-electron chi connectivity index (χ1n) is 9.33. The molecule has 0 radical (unpaired) electrons. The Hall–Kier alpha value is -2.06. The summed E-state index contributed by atoms with van der Waals surface area (Å²) in [4.78, 5) is 14.6. The largest absolute Gasteiger partial charge is 0.325 e. The van der Waals surface area contributed by atoms with Crippen LogP contribution in [0.25, 0.3) is 5.69 Å². The van der Waals surface area contributed by atoms with Gasteiger partial charge in [-0.25, -0.2) is 0 Å². The van der Waals surface area contributed by atoms with Gasteiger partial charge in [0.1, 0.15) is 0 Å². The van der Waals surface area contributed by atoms with Gasteiger partial charge in [0, 0.05) is 21.4 Å². The second kappa shape index (κ2) is 9.83. The molecule has 1 heterocycles. The predicted octanol–water partition coefficient (Wildman–Crippen LogP) is 5.24. The highest BCUT2D eigenvalue weighted by atomic mass is 35.5. The van der Waals surface area contributed by atoms with Crippen molar-refractivity contribution < 1.29 is 4.79 Å². The third-order valence-electron chi connectivity index (χ3n) is 4.77. The van der Waals surface area contributed by atoms with Crippen LogP contribution in [0.1, 0.15) is 24.4 Å². The predicted molar refractivity (Wildman–Crippen MR) is 124 cm³/mol. The third kappa shape index (κ3) is 5.16. The van der Waals surface area contributed by atoms with Gasteiger partial charge in [-0.05, 0) is 69.9 Å². The van der Waals surface area contributed by atoms with Gasteiger partial charge in [-0.3, -0.25) is 14.3 Å². The highest BCUT2D eigenvalue weighted by molar-refractivity contribution is 7.99. The lowest BCUT2D eigenvalue weighted by Gasteiger charge is -2.20. The van der Waals surface area contributed by atoms with Crippen LogP contribution in [0.5, 0.6) is 0 Å². The van der Waals surface area contributed by atoms with Crippen LogP contribution in [-0.4, -0.2) is 45.4 Å². The van der Waals surface area contributed by atoms with Crippen LogP contribution in [0.4, 0.5) is 5.69 Å². The highest BCUT2D eigenvalue weighted by Gasteiger charge is 2.21. The fourth-order valence-electron chi connectivity index (χ4n) is 2.77. The summed E-state index contributed by atoms with van der Waals surface area (Å²) in [6.45, 7) is 3.93. The average Bonchev–Trinajstić information content (AvgIpc) is 3.13. The first kappa shape index (κ1) is 22.6. The van der Waals surface area contributed by atoms with Gasteiger partial charge in [0.25, 0.3) is 0 Å². The summed E-state index contributed by atoms with van der Waals surface area (Å²) in [7, 11) is 3.97. The van der Waals surface area contributed by atoms with E-state index in [0.717, 1.165) is 17.1 Å². The first-order valence-corrected chi connectivity index (χ1v) is 11.1. The summed E-state index contributed by atoms with van der Waals surface area (Å²) in [5.74, 6) is 0.836. The van der Waals surface area contributed by atoms with Crippen molar-refractivity contribution in [1.82, 2.24) is 19.7 Å². The minimum Gasteiger partial charge on any atom is -0.325 e. The number of benzene rings is 2. The number of aromatic nitrogens is 3. The van der Waals surface area contributed by atoms with Crippen LogP contribution >= 0.6 is 35.0 Å². The molecule has 9 heteroatoms. The summed E-state index contributed by atoms with van der Waals surface area (Å²) < 4.78 is 1.96. The van der Waals surface area contributed by atoms with E-state index in [1.807, 2.05) is 62.0 Å². The number of carbonyl (C=O) groups excluding carboxylic acids is 1. The van der Waals surface area contributed by atoms with Gasteiger partial charge in [0.2, 0.25) is 5.91 Å². The second-order valence-corrected chi connectivity index (χ2v) is 8.83. The van der Waals surface area contributed by atoms with E-state index in [1.54, 1.807) is 6.07 Å². The fraction of sp³-hybridized carbons (Fsp3) is 0.286. The molecule has 1 unspecified atom stereocenters. The molecule has 0 aliphatic carbocycles. The van der Waals surface area contributed by atoms with Crippen molar-refractivity contribution in [3.05, 3.63) is 63.9 Å². The van der Waals surface area contributed by atoms with Gasteiger partial charge in [-0.1, -0.05) is 41.0 Å². The van der Waals surface area contributed by atoms with Crippen LogP contribution in [0, 0.1) is 6.92 Å². The standard InChI is InChI=1S/C21H23Cl2N5OS/c1-13-17(23)6-5-7-18(13)24-19(29)12-30-21-26-25-20(14(2)27(3)4)28(21)16-10-8-15(22)9-11-16/h5-11,14H,12H2,1-4H3,(H,24,29). The van der Waals surface area contributed by atoms with Gasteiger partial charge in [-0.15, -0.1) is 10.2 Å². The van der Waals surface area contributed by atoms with Crippen molar-refractivity contribution in [3.63, 3.8) is 0 Å². The van der Waals surface area contributed by atoms with Crippen LogP contribution in [0.15, 0.2) is 47.6 Å². The Bertz CT molecular complexity index is 1040. The maximum atomic E-state index is 12.5. The zero-order valence-electron chi connectivity index (χ0n) is 17.2. The third-order valence-corrected chi connectivity index (χ3v) is 6.36. The Labute approximate surface area is 190 Å². The molecule has 1 N–H and O–H groups in total. The van der Waals surface area contributed by atoms with Gasteiger partial charge < -0.3 is 5.32 Å². The molecule has 1 atom stereocenters. The van der Waals surface area contributed by atoms with Crippen LogP contribution in [0.2, 0.25) is 10.0 Å². The molecule has 0 aliphatic heterocycles. The highest BCUT2D eigenvalue weighted by Crippen LogP contribution is 2.28. The lowest BCUT2D eigenvalue weighted by molar-refractivity contribution is -0.113. The number of amides is 1. The van der Waals surface area contributed by atoms with Crippen molar-refractivity contribution in [2.45, 2.75) is 25.0 Å². The molecule has 30 heavy (non-hydrogen) atoms. The minimum absolute atomic E-state index is 0.0328. The second-order valence-electron chi connectivity index (χ2n) is 7.04. The lowest BCUT2D eigenvalue weighted by atomic mass is 10.2. The average molecular weight is 464 g/mol. The van der Waals surface area contributed by atoms with Gasteiger partial charge in [0.15, 0.2) is 11.0 Å². The fourth-order valence-corrected chi connectivity index (χ4v) is 3.83. The van der Waals surface area contributed by atoms with Gasteiger partial charge in [-0.2, -0.15) is 0 Å². The van der Waals surface area contributed by atoms with E-state index >= 15 is 0 Å². The van der Waals surface area contributed by atoms with Crippen LogP contribution < -0.4 is 5.32 Å². The number of nitrogens with zero attached hydrogens (tertiary/aromatic N) is 4. The van der Waals surface area contributed by atoms with E-state index in [1.165, 1.54) is 11.8 Å². The van der Waals surface area contributed by atoms with Crippen molar-refractivity contribution in [2.24, 2.45) is 0 Å². The summed E-state index contributed by atoms with van der Waals surface area (Å²) in [5.41, 5.74) is 2.43. The quantitative estimate of drug-likeness (QED) is 0.485. The summed E-state index contributed by atoms with van der Waals surface area (Å²) in [6.07, 6.45) is 0. The molecular weight excluding hydrogens is 441 g/mol. The first-order chi connectivity index (χ1) is 14.3. The molecule has 6 nitrogen and oxygen atoms in total. The Balaban J connectivity index is 1.82. The smallest absolute Gasteiger partial charge is 0.234 e. The Kier molecular flexibility index (Phi) is 7.41. The number of halogens is 2. The Morgan fingerprint density at radius 3 is 2.53 bits per heavy atom. The molecule has 0 spiro atoms. The van der Waals surface area contributed by atoms with Crippen molar-refractivity contribution in [3.8, 4) is 5.69 Å². The maximum Gasteiger partial charge on any atom is 0.234 e. The monoisotopic (exact) mass is 463 g/mol. The van der Waals surface area contributed by atoms with E-state index < -0.39 is 0 Å². The Morgan fingerprint density at radius 1 is 1.17 bits per heavy atom. The number of hydrogen-bond donors (Lipinski definition) is 1.